The number of nitrogens with zero attached hydrogens (tertiary/aromatic N) is 2. The molecule has 0 bridgehead atoms. The third-order valence-electron chi connectivity index (χ3n) is 5.13. The number of rotatable bonds is 6. The summed E-state index contributed by atoms with van der Waals surface area (Å²) in [5.41, 5.74) is 7.85. The summed E-state index contributed by atoms with van der Waals surface area (Å²) in [5, 5.41) is 10.7. The van der Waals surface area contributed by atoms with Crippen molar-refractivity contribution in [2.24, 2.45) is 4.36 Å². The summed E-state index contributed by atoms with van der Waals surface area (Å²) in [6.07, 6.45) is 3.79. The van der Waals surface area contributed by atoms with Gasteiger partial charge in [0.25, 0.3) is 11.8 Å². The van der Waals surface area contributed by atoms with E-state index in [4.69, 9.17) is 10.2 Å². The van der Waals surface area contributed by atoms with Crippen LogP contribution in [-0.2, 0) is 14.5 Å². The van der Waals surface area contributed by atoms with Crippen LogP contribution in [0.15, 0.2) is 57.6 Å². The van der Waals surface area contributed by atoms with Crippen LogP contribution in [0, 0.1) is 18.8 Å². The van der Waals surface area contributed by atoms with Gasteiger partial charge in [0.1, 0.15) is 11.1 Å². The van der Waals surface area contributed by atoms with Crippen molar-refractivity contribution in [1.82, 2.24) is 4.98 Å². The van der Waals surface area contributed by atoms with Crippen LogP contribution < -0.4 is 11.1 Å². The number of carboxylic acids is 1. The quantitative estimate of drug-likeness (QED) is 0.427. The Hall–Kier alpha value is -4.43. The molecule has 0 spiro atoms. The summed E-state index contributed by atoms with van der Waals surface area (Å²) >= 11 is 0. The summed E-state index contributed by atoms with van der Waals surface area (Å²) in [7, 11) is -3.34. The van der Waals surface area contributed by atoms with Crippen molar-refractivity contribution in [1.29, 1.82) is 0 Å². The van der Waals surface area contributed by atoms with Crippen molar-refractivity contribution < 1.29 is 28.1 Å². The first-order valence-corrected chi connectivity index (χ1v) is 12.7. The second kappa shape index (κ2) is 10.9. The Labute approximate surface area is 208 Å². The second-order valence-corrected chi connectivity index (χ2v) is 10.3. The molecule has 3 rings (SSSR count). The highest BCUT2D eigenvalue weighted by Gasteiger charge is 2.26. The highest BCUT2D eigenvalue weighted by atomic mass is 32.2. The van der Waals surface area contributed by atoms with E-state index in [0.29, 0.717) is 16.8 Å². The number of benzene rings is 1. The predicted molar refractivity (Wildman–Crippen MR) is 135 cm³/mol. The molecule has 2 heterocycles. The lowest BCUT2D eigenvalue weighted by atomic mass is 10.1. The number of pyridine rings is 1. The zero-order valence-electron chi connectivity index (χ0n) is 19.8. The molecule has 0 saturated carbocycles. The molecule has 4 N–H and O–H groups in total. The Morgan fingerprint density at radius 1 is 1.25 bits per heavy atom. The topological polar surface area (TPSA) is 165 Å². The van der Waals surface area contributed by atoms with Crippen molar-refractivity contribution in [2.45, 2.75) is 25.5 Å². The van der Waals surface area contributed by atoms with Gasteiger partial charge in [-0.1, -0.05) is 24.8 Å². The van der Waals surface area contributed by atoms with E-state index < -0.39 is 32.8 Å². The van der Waals surface area contributed by atoms with E-state index in [2.05, 4.69) is 26.5 Å². The largest absolute Gasteiger partial charge is 0.480 e. The van der Waals surface area contributed by atoms with Crippen LogP contribution in [0.25, 0.3) is 0 Å². The van der Waals surface area contributed by atoms with Gasteiger partial charge in [0, 0.05) is 29.3 Å². The van der Waals surface area contributed by atoms with Crippen molar-refractivity contribution >= 4 is 39.0 Å². The molecule has 186 valence electrons. The summed E-state index contributed by atoms with van der Waals surface area (Å²) in [6.45, 7) is 3.32. The zero-order chi connectivity index (χ0) is 26.5. The molecule has 10 nitrogen and oxygen atoms in total. The fraction of sp³-hybridized carbons (Fsp3) is 0.200. The van der Waals surface area contributed by atoms with E-state index in [1.165, 1.54) is 12.3 Å². The highest BCUT2D eigenvalue weighted by molar-refractivity contribution is 7.94. The summed E-state index contributed by atoms with van der Waals surface area (Å²) < 4.78 is 21.6. The third kappa shape index (κ3) is 6.17. The number of carbonyl (C=O) groups is 3. The summed E-state index contributed by atoms with van der Waals surface area (Å²) in [5.74, 6) is 3.43. The predicted octanol–water partition coefficient (Wildman–Crippen LogP) is 3.32. The van der Waals surface area contributed by atoms with Gasteiger partial charge in [-0.15, -0.1) is 0 Å². The number of aryl methyl sites for hydroxylation is 1. The van der Waals surface area contributed by atoms with Crippen LogP contribution >= 0.6 is 0 Å². The fourth-order valence-electron chi connectivity index (χ4n) is 3.25. The Morgan fingerprint density at radius 2 is 2.00 bits per heavy atom. The summed E-state index contributed by atoms with van der Waals surface area (Å²) in [6, 6.07) is 9.82. The van der Waals surface area contributed by atoms with Crippen molar-refractivity contribution in [2.75, 3.05) is 17.3 Å². The second-order valence-electron chi connectivity index (χ2n) is 7.87. The van der Waals surface area contributed by atoms with E-state index in [1.54, 1.807) is 44.2 Å². The lowest BCUT2D eigenvalue weighted by molar-refractivity contribution is -0.136. The fourth-order valence-corrected chi connectivity index (χ4v) is 4.81. The van der Waals surface area contributed by atoms with Gasteiger partial charge in [0.15, 0.2) is 5.76 Å². The SMILES string of the molecule is CCC(C(=O)O)S(C)(=O)=NC(=O)c1cnc(N)c(C#Cc2cccc(NC(=O)c3occc3C)c2)c1. The number of anilines is 2. The highest BCUT2D eigenvalue weighted by Crippen LogP contribution is 2.17. The van der Waals surface area contributed by atoms with Crippen LogP contribution in [0.2, 0.25) is 0 Å². The first-order chi connectivity index (χ1) is 17.0. The first-order valence-electron chi connectivity index (χ1n) is 10.7. The van der Waals surface area contributed by atoms with Gasteiger partial charge in [0.05, 0.1) is 27.1 Å². The molecular formula is C25H24N4O6S. The molecule has 2 amide bonds. The molecule has 0 aliphatic rings. The average Bonchev–Trinajstić information content (AvgIpc) is 3.24. The molecule has 1 aromatic carbocycles. The minimum Gasteiger partial charge on any atom is -0.480 e. The normalized spacial score (nSPS) is 13.0. The maximum atomic E-state index is 12.7. The van der Waals surface area contributed by atoms with Crippen LogP contribution in [0.3, 0.4) is 0 Å². The van der Waals surface area contributed by atoms with Crippen LogP contribution in [0.4, 0.5) is 11.5 Å². The number of furan rings is 1. The van der Waals surface area contributed by atoms with Gasteiger partial charge >= 0.3 is 5.97 Å². The van der Waals surface area contributed by atoms with Gasteiger partial charge in [-0.05, 0) is 43.7 Å². The zero-order valence-corrected chi connectivity index (χ0v) is 20.6. The molecule has 0 aliphatic carbocycles. The number of amides is 2. The number of nitrogens with one attached hydrogen (secondary N) is 1. The van der Waals surface area contributed by atoms with E-state index >= 15 is 0 Å². The van der Waals surface area contributed by atoms with Crippen molar-refractivity contribution in [3.05, 3.63) is 76.9 Å². The molecule has 0 saturated heterocycles. The van der Waals surface area contributed by atoms with Gasteiger partial charge in [-0.2, -0.15) is 4.36 Å². The minimum atomic E-state index is -3.34. The number of hydrogen-bond acceptors (Lipinski definition) is 7. The smallest absolute Gasteiger partial charge is 0.320 e. The maximum absolute atomic E-state index is 12.7. The minimum absolute atomic E-state index is 0.0295. The third-order valence-corrected chi connectivity index (χ3v) is 7.25. The van der Waals surface area contributed by atoms with E-state index in [1.807, 2.05) is 0 Å². The number of nitrogen functional groups attached to an aromatic ring is 1. The molecule has 2 atom stereocenters. The molecule has 0 aliphatic heterocycles. The lowest BCUT2D eigenvalue weighted by Crippen LogP contribution is -2.29. The van der Waals surface area contributed by atoms with E-state index in [-0.39, 0.29) is 29.1 Å². The number of aliphatic carboxylic acids is 1. The number of carbonyl (C=O) groups excluding carboxylic acids is 2. The number of carboxylic acid groups (broad SMARTS) is 1. The van der Waals surface area contributed by atoms with E-state index in [0.717, 1.165) is 12.5 Å². The Bertz CT molecular complexity index is 1520. The Balaban J connectivity index is 1.85. The van der Waals surface area contributed by atoms with Crippen molar-refractivity contribution in [3.8, 4) is 11.8 Å². The van der Waals surface area contributed by atoms with Gasteiger partial charge in [-0.3, -0.25) is 14.4 Å². The summed E-state index contributed by atoms with van der Waals surface area (Å²) in [4.78, 5) is 40.3. The molecule has 0 fully saturated rings. The number of hydrogen-bond donors (Lipinski definition) is 3. The Morgan fingerprint density at radius 3 is 2.64 bits per heavy atom. The van der Waals surface area contributed by atoms with Crippen LogP contribution in [0.5, 0.6) is 0 Å². The molecule has 11 heteroatoms. The van der Waals surface area contributed by atoms with Gasteiger partial charge in [-0.25, -0.2) is 9.19 Å². The molecule has 36 heavy (non-hydrogen) atoms. The molecule has 3 aromatic rings. The van der Waals surface area contributed by atoms with Crippen molar-refractivity contribution in [3.63, 3.8) is 0 Å². The number of nitrogens with two attached hydrogens (primary N) is 1. The monoisotopic (exact) mass is 508 g/mol. The van der Waals surface area contributed by atoms with Crippen LogP contribution in [0.1, 0.15) is 50.9 Å². The molecule has 2 unspecified atom stereocenters. The van der Waals surface area contributed by atoms with Crippen LogP contribution in [-0.4, -0.2) is 43.6 Å². The lowest BCUT2D eigenvalue weighted by Gasteiger charge is -2.11. The molecular weight excluding hydrogens is 484 g/mol. The first kappa shape index (κ1) is 26.2. The molecule has 2 aromatic heterocycles. The Kier molecular flexibility index (Phi) is 7.91. The maximum Gasteiger partial charge on any atom is 0.320 e. The van der Waals surface area contributed by atoms with Gasteiger partial charge in [0.2, 0.25) is 0 Å². The standard InChI is InChI=1S/C25H24N4O6S/c1-4-20(25(32)33)36(3,34)29-23(30)18-13-17(22(26)27-14-18)9-8-16-6-5-7-19(12-16)28-24(31)21-15(2)10-11-35-21/h5-7,10-14,20H,4H2,1-3H3,(H2,26,27)(H,28,31)(H,32,33). The molecule has 0 radical (unpaired) electrons. The number of aromatic nitrogens is 1. The van der Waals surface area contributed by atoms with E-state index in [9.17, 15) is 23.7 Å². The average molecular weight is 509 g/mol. The van der Waals surface area contributed by atoms with Gasteiger partial charge < -0.3 is 20.6 Å².